The van der Waals surface area contributed by atoms with Crippen LogP contribution < -0.4 is 10.1 Å². The van der Waals surface area contributed by atoms with Crippen LogP contribution in [0.1, 0.15) is 13.8 Å². The van der Waals surface area contributed by atoms with Crippen LogP contribution in [0.15, 0.2) is 18.2 Å². The summed E-state index contributed by atoms with van der Waals surface area (Å²) in [5.74, 6) is -0.782. The number of nitrogens with one attached hydrogen (secondary N) is 1. The van der Waals surface area contributed by atoms with Crippen molar-refractivity contribution >= 4 is 35.1 Å². The van der Waals surface area contributed by atoms with Crippen molar-refractivity contribution in [1.82, 2.24) is 5.32 Å². The van der Waals surface area contributed by atoms with Crippen LogP contribution in [0.25, 0.3) is 0 Å². The number of halogens is 2. The number of hydrogen-bond donors (Lipinski definition) is 1. The van der Waals surface area contributed by atoms with Crippen LogP contribution >= 0.6 is 23.2 Å². The van der Waals surface area contributed by atoms with Crippen molar-refractivity contribution < 1.29 is 23.8 Å². The molecule has 0 spiro atoms. The van der Waals surface area contributed by atoms with Crippen LogP contribution in [0.5, 0.6) is 5.75 Å². The topological polar surface area (TPSA) is 73.9 Å². The number of hydrogen-bond acceptors (Lipinski definition) is 5. The summed E-state index contributed by atoms with van der Waals surface area (Å²) >= 11 is 11.8. The van der Waals surface area contributed by atoms with Gasteiger partial charge in [0.2, 0.25) is 0 Å². The Bertz CT molecular complexity index is 553. The Morgan fingerprint density at radius 2 is 1.91 bits per heavy atom. The predicted molar refractivity (Wildman–Crippen MR) is 87.0 cm³/mol. The molecule has 1 aromatic carbocycles. The molecule has 6 nitrogen and oxygen atoms in total. The maximum absolute atomic E-state index is 11.9. The van der Waals surface area contributed by atoms with Gasteiger partial charge in [0.05, 0.1) is 11.6 Å². The standard InChI is InChI=1S/C15H19Cl2NO5/c1-9(14(19)18-6-7-21-3)23-15(20)10(2)22-13-5-4-11(16)8-12(13)17/h4-5,8-10H,6-7H2,1-3H3,(H,18,19)/t9-,10-/m0/s1. The van der Waals surface area contributed by atoms with E-state index in [9.17, 15) is 9.59 Å². The highest BCUT2D eigenvalue weighted by Gasteiger charge is 2.23. The molecule has 23 heavy (non-hydrogen) atoms. The van der Waals surface area contributed by atoms with Crippen molar-refractivity contribution in [1.29, 1.82) is 0 Å². The van der Waals surface area contributed by atoms with E-state index >= 15 is 0 Å². The van der Waals surface area contributed by atoms with Crippen LogP contribution in [-0.4, -0.2) is 44.3 Å². The number of benzene rings is 1. The third-order valence-corrected chi connectivity index (χ3v) is 3.33. The van der Waals surface area contributed by atoms with Gasteiger partial charge in [-0.3, -0.25) is 4.79 Å². The van der Waals surface area contributed by atoms with Gasteiger partial charge in [-0.15, -0.1) is 0 Å². The maximum Gasteiger partial charge on any atom is 0.347 e. The summed E-state index contributed by atoms with van der Waals surface area (Å²) in [5.41, 5.74) is 0. The van der Waals surface area contributed by atoms with Crippen molar-refractivity contribution in [3.8, 4) is 5.75 Å². The second kappa shape index (κ2) is 9.60. The third kappa shape index (κ3) is 6.64. The van der Waals surface area contributed by atoms with E-state index in [2.05, 4.69) is 5.32 Å². The van der Waals surface area contributed by atoms with Crippen molar-refractivity contribution in [2.24, 2.45) is 0 Å². The molecule has 0 aliphatic heterocycles. The van der Waals surface area contributed by atoms with Gasteiger partial charge < -0.3 is 19.5 Å². The number of rotatable bonds is 8. The molecular formula is C15H19Cl2NO5. The van der Waals surface area contributed by atoms with Gasteiger partial charge in [0.15, 0.2) is 12.2 Å². The minimum absolute atomic E-state index is 0.280. The van der Waals surface area contributed by atoms with E-state index in [1.54, 1.807) is 12.1 Å². The van der Waals surface area contributed by atoms with Crippen LogP contribution in [-0.2, 0) is 19.1 Å². The SMILES string of the molecule is COCCNC(=O)[C@H](C)OC(=O)[C@H](C)Oc1ccc(Cl)cc1Cl. The van der Waals surface area contributed by atoms with Crippen LogP contribution in [0.4, 0.5) is 0 Å². The molecule has 0 saturated carbocycles. The Kier molecular flexibility index (Phi) is 8.16. The van der Waals surface area contributed by atoms with Gasteiger partial charge in [-0.1, -0.05) is 23.2 Å². The summed E-state index contributed by atoms with van der Waals surface area (Å²) in [7, 11) is 1.52. The summed E-state index contributed by atoms with van der Waals surface area (Å²) < 4.78 is 15.3. The molecule has 0 heterocycles. The van der Waals surface area contributed by atoms with Crippen molar-refractivity contribution in [3.05, 3.63) is 28.2 Å². The van der Waals surface area contributed by atoms with Crippen LogP contribution in [0.2, 0.25) is 10.0 Å². The zero-order valence-electron chi connectivity index (χ0n) is 13.1. The van der Waals surface area contributed by atoms with E-state index in [1.807, 2.05) is 0 Å². The Balaban J connectivity index is 2.51. The minimum atomic E-state index is -0.939. The third-order valence-electron chi connectivity index (χ3n) is 2.80. The molecule has 1 rings (SSSR count). The van der Waals surface area contributed by atoms with E-state index in [-0.39, 0.29) is 5.02 Å². The van der Waals surface area contributed by atoms with Gasteiger partial charge in [-0.2, -0.15) is 0 Å². The molecule has 0 aromatic heterocycles. The van der Waals surface area contributed by atoms with Crippen LogP contribution in [0.3, 0.4) is 0 Å². The first kappa shape index (κ1) is 19.5. The quantitative estimate of drug-likeness (QED) is 0.567. The maximum atomic E-state index is 11.9. The van der Waals surface area contributed by atoms with E-state index in [0.717, 1.165) is 0 Å². The summed E-state index contributed by atoms with van der Waals surface area (Å²) in [6.45, 7) is 3.69. The van der Waals surface area contributed by atoms with Crippen molar-refractivity contribution in [2.45, 2.75) is 26.1 Å². The Morgan fingerprint density at radius 3 is 2.52 bits per heavy atom. The van der Waals surface area contributed by atoms with E-state index in [4.69, 9.17) is 37.4 Å². The van der Waals surface area contributed by atoms with Crippen LogP contribution in [0, 0.1) is 0 Å². The zero-order valence-corrected chi connectivity index (χ0v) is 14.6. The van der Waals surface area contributed by atoms with Gasteiger partial charge in [0, 0.05) is 18.7 Å². The molecule has 0 saturated heterocycles. The molecule has 1 N–H and O–H groups in total. The van der Waals surface area contributed by atoms with Gasteiger partial charge in [-0.05, 0) is 32.0 Å². The first-order valence-electron chi connectivity index (χ1n) is 6.94. The molecule has 2 atom stereocenters. The summed E-state index contributed by atoms with van der Waals surface area (Å²) in [6.07, 6.45) is -1.87. The fourth-order valence-electron chi connectivity index (χ4n) is 1.55. The molecule has 0 aliphatic carbocycles. The summed E-state index contributed by atoms with van der Waals surface area (Å²) in [4.78, 5) is 23.7. The fourth-order valence-corrected chi connectivity index (χ4v) is 2.01. The molecule has 8 heteroatoms. The monoisotopic (exact) mass is 363 g/mol. The minimum Gasteiger partial charge on any atom is -0.477 e. The van der Waals surface area contributed by atoms with E-state index in [0.29, 0.717) is 23.9 Å². The highest BCUT2D eigenvalue weighted by Crippen LogP contribution is 2.28. The van der Waals surface area contributed by atoms with Crippen molar-refractivity contribution in [3.63, 3.8) is 0 Å². The molecular weight excluding hydrogens is 345 g/mol. The summed E-state index contributed by atoms with van der Waals surface area (Å²) in [6, 6.07) is 4.64. The number of methoxy groups -OCH3 is 1. The zero-order chi connectivity index (χ0) is 17.4. The number of carbonyl (C=O) groups is 2. The van der Waals surface area contributed by atoms with Gasteiger partial charge in [-0.25, -0.2) is 4.79 Å². The second-order valence-corrected chi connectivity index (χ2v) is 5.54. The Labute approximate surface area is 145 Å². The number of carbonyl (C=O) groups excluding carboxylic acids is 2. The lowest BCUT2D eigenvalue weighted by Gasteiger charge is -2.18. The van der Waals surface area contributed by atoms with Gasteiger partial charge in [0.1, 0.15) is 5.75 Å². The number of amides is 1. The highest BCUT2D eigenvalue weighted by atomic mass is 35.5. The largest absolute Gasteiger partial charge is 0.477 e. The molecule has 1 amide bonds. The molecule has 0 fully saturated rings. The molecule has 0 unspecified atom stereocenters. The van der Waals surface area contributed by atoms with E-state index < -0.39 is 24.1 Å². The average molecular weight is 364 g/mol. The molecule has 0 aliphatic rings. The molecule has 0 radical (unpaired) electrons. The summed E-state index contributed by atoms with van der Waals surface area (Å²) in [5, 5.41) is 3.31. The number of esters is 1. The predicted octanol–water partition coefficient (Wildman–Crippen LogP) is 2.46. The Morgan fingerprint density at radius 1 is 1.22 bits per heavy atom. The lowest BCUT2D eigenvalue weighted by molar-refractivity contribution is -0.160. The van der Waals surface area contributed by atoms with Gasteiger partial charge >= 0.3 is 5.97 Å². The van der Waals surface area contributed by atoms with Gasteiger partial charge in [0.25, 0.3) is 5.91 Å². The smallest absolute Gasteiger partial charge is 0.347 e. The molecule has 128 valence electrons. The fraction of sp³-hybridized carbons (Fsp3) is 0.467. The number of ether oxygens (including phenoxy) is 3. The highest BCUT2D eigenvalue weighted by molar-refractivity contribution is 6.35. The lowest BCUT2D eigenvalue weighted by Crippen LogP contribution is -2.39. The molecule has 1 aromatic rings. The molecule has 0 bridgehead atoms. The lowest BCUT2D eigenvalue weighted by atomic mass is 10.3. The Hall–Kier alpha value is -1.50. The first-order valence-corrected chi connectivity index (χ1v) is 7.69. The first-order chi connectivity index (χ1) is 10.8. The van der Waals surface area contributed by atoms with Crippen molar-refractivity contribution in [2.75, 3.05) is 20.3 Å². The van der Waals surface area contributed by atoms with E-state index in [1.165, 1.54) is 27.0 Å². The average Bonchev–Trinajstić information content (AvgIpc) is 2.49. The second-order valence-electron chi connectivity index (χ2n) is 4.70. The normalized spacial score (nSPS) is 13.1.